The van der Waals surface area contributed by atoms with Crippen LogP contribution in [0.1, 0.15) is 32.1 Å². The van der Waals surface area contributed by atoms with Crippen molar-refractivity contribution in [2.24, 2.45) is 0 Å². The van der Waals surface area contributed by atoms with Gasteiger partial charge in [-0.05, 0) is 25.0 Å². The van der Waals surface area contributed by atoms with E-state index >= 15 is 0 Å². The van der Waals surface area contributed by atoms with Gasteiger partial charge in [-0.3, -0.25) is 14.2 Å². The van der Waals surface area contributed by atoms with Gasteiger partial charge < -0.3 is 4.90 Å². The zero-order valence-corrected chi connectivity index (χ0v) is 15.8. The van der Waals surface area contributed by atoms with Crippen molar-refractivity contribution in [2.45, 2.75) is 43.8 Å². The van der Waals surface area contributed by atoms with Crippen LogP contribution in [0.15, 0.2) is 46.9 Å². The Morgan fingerprint density at radius 3 is 2.58 bits per heavy atom. The van der Waals surface area contributed by atoms with Crippen molar-refractivity contribution in [3.8, 4) is 0 Å². The molecule has 1 aromatic carbocycles. The van der Waals surface area contributed by atoms with Gasteiger partial charge in [-0.25, -0.2) is 4.98 Å². The van der Waals surface area contributed by atoms with Crippen LogP contribution in [0.25, 0.3) is 10.9 Å². The third kappa shape index (κ3) is 4.36. The summed E-state index contributed by atoms with van der Waals surface area (Å²) in [6, 6.07) is 7.32. The monoisotopic (exact) mass is 371 g/mol. The van der Waals surface area contributed by atoms with E-state index in [9.17, 15) is 9.59 Å². The smallest absolute Gasteiger partial charge is 0.262 e. The van der Waals surface area contributed by atoms with Crippen LogP contribution < -0.4 is 5.56 Å². The zero-order chi connectivity index (χ0) is 18.4. The molecule has 1 aliphatic rings. The molecule has 1 amide bonds. The molecule has 0 N–H and O–H groups in total. The van der Waals surface area contributed by atoms with Gasteiger partial charge in [-0.2, -0.15) is 0 Å². The Balaban J connectivity index is 1.79. The summed E-state index contributed by atoms with van der Waals surface area (Å²) in [5.41, 5.74) is 0.579. The largest absolute Gasteiger partial charge is 0.342 e. The van der Waals surface area contributed by atoms with E-state index in [1.807, 2.05) is 23.1 Å². The second-order valence-corrected chi connectivity index (χ2v) is 7.50. The Morgan fingerprint density at radius 1 is 1.15 bits per heavy atom. The third-order valence-electron chi connectivity index (χ3n) is 4.67. The number of para-hydroxylation sites is 1. The van der Waals surface area contributed by atoms with Crippen molar-refractivity contribution in [3.63, 3.8) is 0 Å². The van der Waals surface area contributed by atoms with Crippen molar-refractivity contribution < 1.29 is 4.79 Å². The Hall–Kier alpha value is -2.08. The lowest BCUT2D eigenvalue weighted by molar-refractivity contribution is -0.128. The van der Waals surface area contributed by atoms with E-state index in [0.717, 1.165) is 25.9 Å². The third-order valence-corrected chi connectivity index (χ3v) is 5.63. The van der Waals surface area contributed by atoms with Gasteiger partial charge in [0.15, 0.2) is 5.16 Å². The normalized spacial score (nSPS) is 15.5. The molecule has 0 unspecified atom stereocenters. The van der Waals surface area contributed by atoms with E-state index < -0.39 is 0 Å². The second-order valence-electron chi connectivity index (χ2n) is 6.55. The predicted molar refractivity (Wildman–Crippen MR) is 107 cm³/mol. The quantitative estimate of drug-likeness (QED) is 0.459. The predicted octanol–water partition coefficient (Wildman–Crippen LogP) is 3.47. The van der Waals surface area contributed by atoms with Crippen LogP contribution in [0, 0.1) is 0 Å². The van der Waals surface area contributed by atoms with Crippen molar-refractivity contribution in [2.75, 3.05) is 18.8 Å². The number of allylic oxidation sites excluding steroid dienone is 1. The molecule has 2 aromatic rings. The van der Waals surface area contributed by atoms with E-state index in [-0.39, 0.29) is 11.5 Å². The number of nitrogens with zero attached hydrogens (tertiary/aromatic N) is 3. The number of likely N-dealkylation sites (tertiary alicyclic amines) is 1. The van der Waals surface area contributed by atoms with E-state index in [4.69, 9.17) is 0 Å². The maximum atomic E-state index is 12.7. The highest BCUT2D eigenvalue weighted by Gasteiger charge is 2.17. The summed E-state index contributed by atoms with van der Waals surface area (Å²) < 4.78 is 1.60. The number of rotatable bonds is 5. The van der Waals surface area contributed by atoms with Gasteiger partial charge in [-0.1, -0.05) is 49.2 Å². The number of fused-ring (bicyclic) bond motifs is 1. The van der Waals surface area contributed by atoms with Gasteiger partial charge in [-0.15, -0.1) is 6.58 Å². The van der Waals surface area contributed by atoms with Crippen LogP contribution in [0.2, 0.25) is 0 Å². The van der Waals surface area contributed by atoms with Crippen molar-refractivity contribution in [3.05, 3.63) is 47.3 Å². The summed E-state index contributed by atoms with van der Waals surface area (Å²) >= 11 is 1.34. The van der Waals surface area contributed by atoms with Crippen LogP contribution in [0.4, 0.5) is 0 Å². The van der Waals surface area contributed by atoms with Crippen LogP contribution in [0.5, 0.6) is 0 Å². The molecular formula is C20H25N3O2S. The Bertz CT molecular complexity index is 839. The van der Waals surface area contributed by atoms with Crippen LogP contribution in [0.3, 0.4) is 0 Å². The fourth-order valence-electron chi connectivity index (χ4n) is 3.26. The number of hydrogen-bond acceptors (Lipinski definition) is 4. The number of amides is 1. The summed E-state index contributed by atoms with van der Waals surface area (Å²) in [5.74, 6) is 0.437. The molecule has 0 saturated carbocycles. The van der Waals surface area contributed by atoms with E-state index in [0.29, 0.717) is 28.4 Å². The Morgan fingerprint density at radius 2 is 1.85 bits per heavy atom. The fraction of sp³-hybridized carbons (Fsp3) is 0.450. The first-order valence-corrected chi connectivity index (χ1v) is 10.2. The number of benzene rings is 1. The van der Waals surface area contributed by atoms with Gasteiger partial charge in [0, 0.05) is 19.6 Å². The minimum absolute atomic E-state index is 0.0864. The molecule has 0 radical (unpaired) electrons. The molecule has 0 spiro atoms. The average Bonchev–Trinajstić information content (AvgIpc) is 2.62. The topological polar surface area (TPSA) is 55.2 Å². The summed E-state index contributed by atoms with van der Waals surface area (Å²) in [6.45, 7) is 5.79. The van der Waals surface area contributed by atoms with E-state index in [2.05, 4.69) is 11.6 Å². The lowest BCUT2D eigenvalue weighted by atomic mass is 10.1. The van der Waals surface area contributed by atoms with Crippen LogP contribution in [-0.2, 0) is 11.3 Å². The number of aromatic nitrogens is 2. The number of thioether (sulfide) groups is 1. The zero-order valence-electron chi connectivity index (χ0n) is 15.0. The molecule has 1 aliphatic heterocycles. The highest BCUT2D eigenvalue weighted by atomic mass is 32.2. The summed E-state index contributed by atoms with van der Waals surface area (Å²) in [4.78, 5) is 31.9. The summed E-state index contributed by atoms with van der Waals surface area (Å²) in [5, 5.41) is 1.17. The van der Waals surface area contributed by atoms with Crippen LogP contribution >= 0.6 is 11.8 Å². The van der Waals surface area contributed by atoms with Gasteiger partial charge >= 0.3 is 0 Å². The maximum Gasteiger partial charge on any atom is 0.262 e. The molecule has 6 heteroatoms. The molecule has 138 valence electrons. The number of carbonyl (C=O) groups is 1. The molecule has 2 heterocycles. The molecule has 26 heavy (non-hydrogen) atoms. The molecule has 1 aromatic heterocycles. The molecule has 1 saturated heterocycles. The number of hydrogen-bond donors (Lipinski definition) is 0. The summed E-state index contributed by atoms with van der Waals surface area (Å²) in [6.07, 6.45) is 7.50. The first-order chi connectivity index (χ1) is 12.7. The SMILES string of the molecule is C=CCn1c(SCC(=O)N2CCCCCCC2)nc2ccccc2c1=O. The highest BCUT2D eigenvalue weighted by Crippen LogP contribution is 2.19. The maximum absolute atomic E-state index is 12.7. The Kier molecular flexibility index (Phi) is 6.50. The molecule has 0 atom stereocenters. The first kappa shape index (κ1) is 18.7. The highest BCUT2D eigenvalue weighted by molar-refractivity contribution is 7.99. The minimum Gasteiger partial charge on any atom is -0.342 e. The molecule has 0 bridgehead atoms. The van der Waals surface area contributed by atoms with Gasteiger partial charge in [0.05, 0.1) is 16.7 Å². The summed E-state index contributed by atoms with van der Waals surface area (Å²) in [7, 11) is 0. The molecule has 1 fully saturated rings. The van der Waals surface area contributed by atoms with Gasteiger partial charge in [0.1, 0.15) is 0 Å². The van der Waals surface area contributed by atoms with Crippen molar-refractivity contribution >= 4 is 28.6 Å². The second kappa shape index (κ2) is 9.03. The first-order valence-electron chi connectivity index (χ1n) is 9.22. The van der Waals surface area contributed by atoms with Crippen molar-refractivity contribution in [1.82, 2.24) is 14.5 Å². The lowest BCUT2D eigenvalue weighted by Crippen LogP contribution is -2.35. The van der Waals surface area contributed by atoms with Gasteiger partial charge in [0.2, 0.25) is 5.91 Å². The molecular weight excluding hydrogens is 346 g/mol. The Labute approximate surface area is 158 Å². The van der Waals surface area contributed by atoms with E-state index in [1.54, 1.807) is 16.7 Å². The van der Waals surface area contributed by atoms with Gasteiger partial charge in [0.25, 0.3) is 5.56 Å². The standard InChI is InChI=1S/C20H25N3O2S/c1-2-12-23-19(25)16-10-6-7-11-17(16)21-20(23)26-15-18(24)22-13-8-4-3-5-9-14-22/h2,6-7,10-11H,1,3-5,8-9,12-15H2. The van der Waals surface area contributed by atoms with Crippen LogP contribution in [-0.4, -0.2) is 39.2 Å². The molecule has 0 aliphatic carbocycles. The number of carbonyl (C=O) groups excluding carboxylic acids is 1. The van der Waals surface area contributed by atoms with Crippen molar-refractivity contribution in [1.29, 1.82) is 0 Å². The molecule has 5 nitrogen and oxygen atoms in total. The molecule has 3 rings (SSSR count). The average molecular weight is 372 g/mol. The fourth-order valence-corrected chi connectivity index (χ4v) is 4.17. The minimum atomic E-state index is -0.0864. The van der Waals surface area contributed by atoms with E-state index in [1.165, 1.54) is 31.0 Å². The lowest BCUT2D eigenvalue weighted by Gasteiger charge is -2.24.